The van der Waals surface area contributed by atoms with Gasteiger partial charge in [0.15, 0.2) is 0 Å². The third-order valence-electron chi connectivity index (χ3n) is 4.01. The molecule has 0 unspecified atom stereocenters. The summed E-state index contributed by atoms with van der Waals surface area (Å²) in [5, 5.41) is 23.1. The lowest BCUT2D eigenvalue weighted by Gasteiger charge is -2.18. The molecule has 5 heteroatoms. The van der Waals surface area contributed by atoms with E-state index < -0.39 is 24.4 Å². The molecule has 120 valence electrons. The van der Waals surface area contributed by atoms with Crippen molar-refractivity contribution in [1.82, 2.24) is 5.32 Å². The number of amides is 1. The Kier molecular flexibility index (Phi) is 4.60. The number of aliphatic hydroxyl groups excluding tert-OH is 2. The number of carbonyl (C=O) groups is 1. The van der Waals surface area contributed by atoms with Crippen LogP contribution in [0.15, 0.2) is 60.7 Å². The van der Waals surface area contributed by atoms with Crippen LogP contribution >= 0.6 is 0 Å². The van der Waals surface area contributed by atoms with Gasteiger partial charge >= 0.3 is 0 Å². The van der Waals surface area contributed by atoms with Gasteiger partial charge in [0.1, 0.15) is 24.1 Å². The van der Waals surface area contributed by atoms with Crippen molar-refractivity contribution < 1.29 is 19.7 Å². The molecule has 5 nitrogen and oxygen atoms in total. The van der Waals surface area contributed by atoms with Gasteiger partial charge in [-0.05, 0) is 24.3 Å². The molecule has 3 rings (SSSR count). The van der Waals surface area contributed by atoms with Crippen LogP contribution in [0.3, 0.4) is 0 Å². The van der Waals surface area contributed by atoms with Crippen molar-refractivity contribution in [3.63, 3.8) is 0 Å². The zero-order chi connectivity index (χ0) is 16.2. The van der Waals surface area contributed by atoms with Gasteiger partial charge in [-0.2, -0.15) is 0 Å². The lowest BCUT2D eigenvalue weighted by molar-refractivity contribution is -0.0135. The van der Waals surface area contributed by atoms with Crippen LogP contribution in [0.4, 0.5) is 0 Å². The Morgan fingerprint density at radius 2 is 1.57 bits per heavy atom. The van der Waals surface area contributed by atoms with Gasteiger partial charge in [-0.3, -0.25) is 4.79 Å². The summed E-state index contributed by atoms with van der Waals surface area (Å²) in [6.07, 6.45) is -2.32. The minimum absolute atomic E-state index is 0.276. The minimum atomic E-state index is -1.06. The first-order valence-electron chi connectivity index (χ1n) is 7.59. The molecule has 4 atom stereocenters. The second-order valence-electron chi connectivity index (χ2n) is 5.63. The van der Waals surface area contributed by atoms with E-state index in [1.807, 2.05) is 24.3 Å². The molecule has 3 N–H and O–H groups in total. The summed E-state index contributed by atoms with van der Waals surface area (Å²) in [6.45, 7) is 0. The summed E-state index contributed by atoms with van der Waals surface area (Å²) >= 11 is 0. The van der Waals surface area contributed by atoms with Crippen LogP contribution in [0.2, 0.25) is 0 Å². The molecule has 0 saturated heterocycles. The first kappa shape index (κ1) is 15.5. The van der Waals surface area contributed by atoms with E-state index in [1.165, 1.54) is 0 Å². The molecule has 1 amide bonds. The predicted molar refractivity (Wildman–Crippen MR) is 85.2 cm³/mol. The van der Waals surface area contributed by atoms with E-state index in [-0.39, 0.29) is 5.91 Å². The van der Waals surface area contributed by atoms with Crippen LogP contribution in [-0.4, -0.2) is 40.5 Å². The molecule has 2 aromatic carbocycles. The summed E-state index contributed by atoms with van der Waals surface area (Å²) in [4.78, 5) is 12.2. The highest BCUT2D eigenvalue weighted by molar-refractivity contribution is 5.94. The van der Waals surface area contributed by atoms with Crippen molar-refractivity contribution in [2.75, 3.05) is 0 Å². The largest absolute Gasteiger partial charge is 0.488 e. The molecule has 1 saturated carbocycles. The van der Waals surface area contributed by atoms with Crippen LogP contribution in [-0.2, 0) is 0 Å². The Hall–Kier alpha value is -2.37. The van der Waals surface area contributed by atoms with Gasteiger partial charge in [0.05, 0.1) is 6.04 Å². The van der Waals surface area contributed by atoms with Gasteiger partial charge in [-0.25, -0.2) is 0 Å². The second kappa shape index (κ2) is 6.81. The molecular formula is C18H19NO4. The molecule has 23 heavy (non-hydrogen) atoms. The summed E-state index contributed by atoms with van der Waals surface area (Å²) in [7, 11) is 0. The second-order valence-corrected chi connectivity index (χ2v) is 5.63. The van der Waals surface area contributed by atoms with Gasteiger partial charge in [0, 0.05) is 12.0 Å². The number of hydrogen-bond acceptors (Lipinski definition) is 4. The van der Waals surface area contributed by atoms with Crippen LogP contribution in [0.25, 0.3) is 0 Å². The van der Waals surface area contributed by atoms with E-state index in [4.69, 9.17) is 4.74 Å². The molecule has 0 aliphatic heterocycles. The number of nitrogens with one attached hydrogen (secondary N) is 1. The summed E-state index contributed by atoms with van der Waals surface area (Å²) in [5.74, 6) is 0.348. The van der Waals surface area contributed by atoms with Crippen molar-refractivity contribution in [2.45, 2.75) is 30.8 Å². The molecule has 0 bridgehead atoms. The quantitative estimate of drug-likeness (QED) is 0.796. The molecule has 0 radical (unpaired) electrons. The van der Waals surface area contributed by atoms with Gasteiger partial charge < -0.3 is 20.3 Å². The molecule has 1 aliphatic carbocycles. The molecule has 2 aromatic rings. The maximum Gasteiger partial charge on any atom is 0.251 e. The summed E-state index contributed by atoms with van der Waals surface area (Å²) < 4.78 is 5.71. The van der Waals surface area contributed by atoms with Crippen molar-refractivity contribution >= 4 is 5.91 Å². The minimum Gasteiger partial charge on any atom is -0.488 e. The molecule has 0 aromatic heterocycles. The Morgan fingerprint density at radius 3 is 2.22 bits per heavy atom. The molecular weight excluding hydrogens is 294 g/mol. The highest BCUT2D eigenvalue weighted by Crippen LogP contribution is 2.26. The Balaban J connectivity index is 1.64. The smallest absolute Gasteiger partial charge is 0.251 e. The van der Waals surface area contributed by atoms with Gasteiger partial charge in [0.2, 0.25) is 0 Å². The monoisotopic (exact) mass is 313 g/mol. The summed E-state index contributed by atoms with van der Waals surface area (Å²) in [6, 6.07) is 17.3. The SMILES string of the molecule is O=C(N[C@@H]1C[C@@H](Oc2ccccc2)[C@H](O)[C@H]1O)c1ccccc1. The number of para-hydroxylation sites is 1. The third kappa shape index (κ3) is 3.52. The highest BCUT2D eigenvalue weighted by atomic mass is 16.5. The van der Waals surface area contributed by atoms with Gasteiger partial charge in [-0.15, -0.1) is 0 Å². The van der Waals surface area contributed by atoms with Gasteiger partial charge in [-0.1, -0.05) is 36.4 Å². The van der Waals surface area contributed by atoms with E-state index in [9.17, 15) is 15.0 Å². The standard InChI is InChI=1S/C18H19NO4/c20-16-14(19-18(22)12-7-3-1-4-8-12)11-15(17(16)21)23-13-9-5-2-6-10-13/h1-10,14-17,20-21H,11H2,(H,19,22)/t14-,15-,16+,17+/m1/s1. The number of aliphatic hydroxyl groups is 2. The maximum absolute atomic E-state index is 12.2. The maximum atomic E-state index is 12.2. The normalized spacial score (nSPS) is 26.7. The lowest BCUT2D eigenvalue weighted by Crippen LogP contribution is -2.43. The van der Waals surface area contributed by atoms with Crippen molar-refractivity contribution in [1.29, 1.82) is 0 Å². The zero-order valence-corrected chi connectivity index (χ0v) is 12.5. The Bertz CT molecular complexity index is 647. The lowest BCUT2D eigenvalue weighted by atomic mass is 10.1. The van der Waals surface area contributed by atoms with E-state index >= 15 is 0 Å². The van der Waals surface area contributed by atoms with E-state index in [2.05, 4.69) is 5.32 Å². The average Bonchev–Trinajstić information content (AvgIpc) is 2.84. The van der Waals surface area contributed by atoms with Crippen LogP contribution in [0.5, 0.6) is 5.75 Å². The van der Waals surface area contributed by atoms with Crippen molar-refractivity contribution in [2.24, 2.45) is 0 Å². The fraction of sp³-hybridized carbons (Fsp3) is 0.278. The zero-order valence-electron chi connectivity index (χ0n) is 12.5. The van der Waals surface area contributed by atoms with Gasteiger partial charge in [0.25, 0.3) is 5.91 Å². The molecule has 1 fully saturated rings. The summed E-state index contributed by atoms with van der Waals surface area (Å²) in [5.41, 5.74) is 0.515. The molecule has 0 spiro atoms. The van der Waals surface area contributed by atoms with E-state index in [0.29, 0.717) is 17.7 Å². The predicted octanol–water partition coefficient (Wildman–Crippen LogP) is 1.36. The third-order valence-corrected chi connectivity index (χ3v) is 4.01. The molecule has 1 aliphatic rings. The fourth-order valence-corrected chi connectivity index (χ4v) is 2.76. The van der Waals surface area contributed by atoms with Crippen molar-refractivity contribution in [3.8, 4) is 5.75 Å². The number of rotatable bonds is 4. The topological polar surface area (TPSA) is 78.8 Å². The molecule has 0 heterocycles. The van der Waals surface area contributed by atoms with E-state index in [1.54, 1.807) is 36.4 Å². The number of ether oxygens (including phenoxy) is 1. The van der Waals surface area contributed by atoms with E-state index in [0.717, 1.165) is 0 Å². The Morgan fingerprint density at radius 1 is 0.957 bits per heavy atom. The first-order valence-corrected chi connectivity index (χ1v) is 7.59. The fourth-order valence-electron chi connectivity index (χ4n) is 2.76. The van der Waals surface area contributed by atoms with Crippen molar-refractivity contribution in [3.05, 3.63) is 66.2 Å². The number of carbonyl (C=O) groups excluding carboxylic acids is 1. The number of benzene rings is 2. The van der Waals surface area contributed by atoms with Crippen LogP contribution < -0.4 is 10.1 Å². The number of hydrogen-bond donors (Lipinski definition) is 3. The highest BCUT2D eigenvalue weighted by Gasteiger charge is 2.43. The first-order chi connectivity index (χ1) is 11.1. The van der Waals surface area contributed by atoms with Crippen LogP contribution in [0.1, 0.15) is 16.8 Å². The average molecular weight is 313 g/mol. The Labute approximate surface area is 134 Å². The van der Waals surface area contributed by atoms with Crippen LogP contribution in [0, 0.1) is 0 Å².